The van der Waals surface area contributed by atoms with E-state index in [2.05, 4.69) is 0 Å². The Balaban J connectivity index is 1.97. The van der Waals surface area contributed by atoms with Crippen molar-refractivity contribution in [3.8, 4) is 0 Å². The van der Waals surface area contributed by atoms with Crippen LogP contribution in [0.3, 0.4) is 0 Å². The zero-order chi connectivity index (χ0) is 15.3. The molecule has 116 valence electrons. The number of hydrogen-bond donors (Lipinski definition) is 0. The van der Waals surface area contributed by atoms with Gasteiger partial charge in [0.15, 0.2) is 5.78 Å². The Bertz CT molecular complexity index is 412. The maximum Gasteiger partial charge on any atom is 0.162 e. The zero-order valence-electron chi connectivity index (χ0n) is 12.7. The molecule has 0 saturated heterocycles. The van der Waals surface area contributed by atoms with Crippen molar-refractivity contribution < 1.29 is 9.59 Å². The molecular weight excluding hydrogens is 284 g/mol. The Kier molecular flexibility index (Phi) is 9.81. The summed E-state index contributed by atoms with van der Waals surface area (Å²) in [7, 11) is 0. The lowest BCUT2D eigenvalue weighted by atomic mass is 10.0. The molecule has 0 aliphatic rings. The molecule has 0 spiro atoms. The van der Waals surface area contributed by atoms with Gasteiger partial charge in [-0.15, -0.1) is 0 Å². The van der Waals surface area contributed by atoms with Gasteiger partial charge in [0.05, 0.1) is 0 Å². The number of aldehydes is 1. The van der Waals surface area contributed by atoms with Gasteiger partial charge in [-0.3, -0.25) is 4.79 Å². The molecule has 1 aromatic carbocycles. The van der Waals surface area contributed by atoms with Crippen LogP contribution < -0.4 is 0 Å². The van der Waals surface area contributed by atoms with Crippen molar-refractivity contribution in [1.82, 2.24) is 0 Å². The van der Waals surface area contributed by atoms with Gasteiger partial charge in [0, 0.05) is 23.4 Å². The minimum atomic E-state index is 0.209. The Morgan fingerprint density at radius 3 is 1.95 bits per heavy atom. The van der Waals surface area contributed by atoms with Crippen molar-refractivity contribution in [2.75, 3.05) is 0 Å². The molecule has 1 rings (SSSR count). The Morgan fingerprint density at radius 1 is 0.857 bits per heavy atom. The molecule has 0 N–H and O–H groups in total. The topological polar surface area (TPSA) is 34.1 Å². The number of carbonyl (C=O) groups excluding carboxylic acids is 2. The van der Waals surface area contributed by atoms with Crippen LogP contribution in [0.1, 0.15) is 74.6 Å². The fourth-order valence-electron chi connectivity index (χ4n) is 2.35. The van der Waals surface area contributed by atoms with E-state index in [1.165, 1.54) is 25.7 Å². The summed E-state index contributed by atoms with van der Waals surface area (Å²) in [5, 5.41) is 0.666. The second-order valence-corrected chi connectivity index (χ2v) is 5.90. The Labute approximate surface area is 132 Å². The molecular formula is C18H25ClO2. The second-order valence-electron chi connectivity index (χ2n) is 5.46. The van der Waals surface area contributed by atoms with Crippen LogP contribution >= 0.6 is 11.6 Å². The van der Waals surface area contributed by atoms with Gasteiger partial charge < -0.3 is 4.79 Å². The van der Waals surface area contributed by atoms with Crippen LogP contribution in [0.2, 0.25) is 5.02 Å². The third-order valence-corrected chi connectivity index (χ3v) is 3.89. The fraction of sp³-hybridized carbons (Fsp3) is 0.556. The van der Waals surface area contributed by atoms with Crippen LogP contribution in [-0.4, -0.2) is 12.1 Å². The SMILES string of the molecule is O=CCCCCCCCCCCC(=O)c1ccc(Cl)cc1. The van der Waals surface area contributed by atoms with Gasteiger partial charge in [0.2, 0.25) is 0 Å². The highest BCUT2D eigenvalue weighted by Gasteiger charge is 2.04. The van der Waals surface area contributed by atoms with Gasteiger partial charge in [-0.05, 0) is 37.1 Å². The quantitative estimate of drug-likeness (QED) is 0.285. The van der Waals surface area contributed by atoms with Crippen molar-refractivity contribution in [1.29, 1.82) is 0 Å². The van der Waals surface area contributed by atoms with Crippen LogP contribution in [0.25, 0.3) is 0 Å². The number of ketones is 1. The van der Waals surface area contributed by atoms with Crippen molar-refractivity contribution in [3.63, 3.8) is 0 Å². The molecule has 0 saturated carbocycles. The average molecular weight is 309 g/mol. The fourth-order valence-corrected chi connectivity index (χ4v) is 2.48. The highest BCUT2D eigenvalue weighted by atomic mass is 35.5. The molecule has 3 heteroatoms. The third kappa shape index (κ3) is 8.67. The monoisotopic (exact) mass is 308 g/mol. The summed E-state index contributed by atoms with van der Waals surface area (Å²) in [6.07, 6.45) is 11.5. The number of unbranched alkanes of at least 4 members (excludes halogenated alkanes) is 8. The third-order valence-electron chi connectivity index (χ3n) is 3.64. The number of hydrogen-bond acceptors (Lipinski definition) is 2. The number of halogens is 1. The van der Waals surface area contributed by atoms with Crippen LogP contribution in [0, 0.1) is 0 Å². The summed E-state index contributed by atoms with van der Waals surface area (Å²) in [6, 6.07) is 7.12. The lowest BCUT2D eigenvalue weighted by Crippen LogP contribution is -1.98. The van der Waals surface area contributed by atoms with E-state index in [0.717, 1.165) is 37.5 Å². The lowest BCUT2D eigenvalue weighted by molar-refractivity contribution is -0.107. The standard InChI is InChI=1S/C18H25ClO2/c19-17-13-11-16(12-14-17)18(21)10-8-6-4-2-1-3-5-7-9-15-20/h11-15H,1-10H2. The summed E-state index contributed by atoms with van der Waals surface area (Å²) in [4.78, 5) is 22.1. The van der Waals surface area contributed by atoms with E-state index in [9.17, 15) is 9.59 Å². The molecule has 0 aliphatic heterocycles. The number of benzene rings is 1. The lowest BCUT2D eigenvalue weighted by Gasteiger charge is -2.03. The smallest absolute Gasteiger partial charge is 0.162 e. The summed E-state index contributed by atoms with van der Waals surface area (Å²) in [5.41, 5.74) is 0.759. The van der Waals surface area contributed by atoms with Crippen LogP contribution in [0.5, 0.6) is 0 Å². The molecule has 0 heterocycles. The molecule has 0 unspecified atom stereocenters. The van der Waals surface area contributed by atoms with E-state index >= 15 is 0 Å². The van der Waals surface area contributed by atoms with E-state index in [-0.39, 0.29) is 5.78 Å². The molecule has 2 nitrogen and oxygen atoms in total. The molecule has 0 aromatic heterocycles. The summed E-state index contributed by atoms with van der Waals surface area (Å²) >= 11 is 5.80. The first kappa shape index (κ1) is 17.9. The Morgan fingerprint density at radius 2 is 1.38 bits per heavy atom. The van der Waals surface area contributed by atoms with Crippen LogP contribution in [-0.2, 0) is 4.79 Å². The van der Waals surface area contributed by atoms with Crippen molar-refractivity contribution in [2.45, 2.75) is 64.2 Å². The number of carbonyl (C=O) groups is 2. The zero-order valence-corrected chi connectivity index (χ0v) is 13.4. The normalized spacial score (nSPS) is 10.5. The molecule has 21 heavy (non-hydrogen) atoms. The first-order chi connectivity index (χ1) is 10.2. The van der Waals surface area contributed by atoms with E-state index < -0.39 is 0 Å². The second kappa shape index (κ2) is 11.5. The van der Waals surface area contributed by atoms with Gasteiger partial charge in [-0.2, -0.15) is 0 Å². The highest BCUT2D eigenvalue weighted by Crippen LogP contribution is 2.14. The van der Waals surface area contributed by atoms with Crippen LogP contribution in [0.4, 0.5) is 0 Å². The van der Waals surface area contributed by atoms with Gasteiger partial charge >= 0.3 is 0 Å². The number of Topliss-reactive ketones (excluding diaryl/α,β-unsaturated/α-hetero) is 1. The first-order valence-corrected chi connectivity index (χ1v) is 8.34. The van der Waals surface area contributed by atoms with Crippen molar-refractivity contribution in [3.05, 3.63) is 34.9 Å². The van der Waals surface area contributed by atoms with Gasteiger partial charge in [-0.1, -0.05) is 50.1 Å². The maximum absolute atomic E-state index is 11.9. The maximum atomic E-state index is 11.9. The van der Waals surface area contributed by atoms with Crippen LogP contribution in [0.15, 0.2) is 24.3 Å². The molecule has 0 aliphatic carbocycles. The largest absolute Gasteiger partial charge is 0.303 e. The van der Waals surface area contributed by atoms with E-state index in [1.807, 2.05) is 0 Å². The van der Waals surface area contributed by atoms with Gasteiger partial charge in [0.25, 0.3) is 0 Å². The van der Waals surface area contributed by atoms with Crippen molar-refractivity contribution >= 4 is 23.7 Å². The first-order valence-electron chi connectivity index (χ1n) is 7.96. The van der Waals surface area contributed by atoms with E-state index in [1.54, 1.807) is 24.3 Å². The number of rotatable bonds is 12. The van der Waals surface area contributed by atoms with E-state index in [0.29, 0.717) is 17.9 Å². The van der Waals surface area contributed by atoms with Crippen molar-refractivity contribution in [2.24, 2.45) is 0 Å². The van der Waals surface area contributed by atoms with Gasteiger partial charge in [-0.25, -0.2) is 0 Å². The molecule has 0 atom stereocenters. The predicted molar refractivity (Wildman–Crippen MR) is 88.0 cm³/mol. The molecule has 1 aromatic rings. The predicted octanol–water partition coefficient (Wildman–Crippen LogP) is 5.62. The Hall–Kier alpha value is -1.15. The summed E-state index contributed by atoms with van der Waals surface area (Å²) in [6.45, 7) is 0. The summed E-state index contributed by atoms with van der Waals surface area (Å²) in [5.74, 6) is 0.209. The van der Waals surface area contributed by atoms with Gasteiger partial charge in [0.1, 0.15) is 6.29 Å². The molecule has 0 bridgehead atoms. The molecule has 0 fully saturated rings. The molecule has 0 amide bonds. The average Bonchev–Trinajstić information content (AvgIpc) is 2.49. The minimum absolute atomic E-state index is 0.209. The highest BCUT2D eigenvalue weighted by molar-refractivity contribution is 6.30. The van der Waals surface area contributed by atoms with E-state index in [4.69, 9.17) is 11.6 Å². The molecule has 0 radical (unpaired) electrons. The summed E-state index contributed by atoms with van der Waals surface area (Å²) < 4.78 is 0. The minimum Gasteiger partial charge on any atom is -0.303 e.